The molecule has 1 aromatic carbocycles. The second-order valence-corrected chi connectivity index (χ2v) is 9.53. The Bertz CT molecular complexity index is 913. The number of fused-ring (bicyclic) bond motifs is 1. The van der Waals surface area contributed by atoms with E-state index >= 15 is 0 Å². The summed E-state index contributed by atoms with van der Waals surface area (Å²) in [4.78, 5) is 32.2. The number of ether oxygens (including phenoxy) is 2. The Morgan fingerprint density at radius 3 is 2.74 bits per heavy atom. The number of hydrogen-bond acceptors (Lipinski definition) is 5. The summed E-state index contributed by atoms with van der Waals surface area (Å²) in [6.07, 6.45) is 5.21. The van der Waals surface area contributed by atoms with Crippen molar-refractivity contribution in [2.75, 3.05) is 27.2 Å². The maximum absolute atomic E-state index is 12.6. The van der Waals surface area contributed by atoms with E-state index in [1.165, 1.54) is 0 Å². The Balaban J connectivity index is 1.61. The van der Waals surface area contributed by atoms with Crippen molar-refractivity contribution in [2.24, 2.45) is 0 Å². The van der Waals surface area contributed by atoms with Crippen LogP contribution < -0.4 is 4.74 Å². The van der Waals surface area contributed by atoms with Crippen LogP contribution in [0, 0.1) is 0 Å². The third-order valence-electron chi connectivity index (χ3n) is 5.49. The quantitative estimate of drug-likeness (QED) is 0.523. The van der Waals surface area contributed by atoms with E-state index in [1.54, 1.807) is 4.90 Å². The highest BCUT2D eigenvalue weighted by molar-refractivity contribution is 5.91. The molecule has 1 N–H and O–H groups in total. The number of nitrogens with zero attached hydrogens (tertiary/aromatic N) is 2. The summed E-state index contributed by atoms with van der Waals surface area (Å²) in [5, 5.41) is 0.967. The van der Waals surface area contributed by atoms with E-state index in [4.69, 9.17) is 9.47 Å². The SMILES string of the molecule is CN(C)CCc1c[nH]c2cccc(OC(=O)CCC3CCCN3C(=O)OC(C)(C)C)c12. The molecule has 1 fully saturated rings. The van der Waals surface area contributed by atoms with Gasteiger partial charge >= 0.3 is 12.1 Å². The predicted molar refractivity (Wildman–Crippen MR) is 121 cm³/mol. The summed E-state index contributed by atoms with van der Waals surface area (Å²) >= 11 is 0. The fraction of sp³-hybridized carbons (Fsp3) is 0.583. The van der Waals surface area contributed by atoms with Gasteiger partial charge in [-0.1, -0.05) is 6.07 Å². The van der Waals surface area contributed by atoms with Gasteiger partial charge in [-0.15, -0.1) is 0 Å². The Hall–Kier alpha value is -2.54. The van der Waals surface area contributed by atoms with Crippen LogP contribution in [0.3, 0.4) is 0 Å². The van der Waals surface area contributed by atoms with Gasteiger partial charge in [0.1, 0.15) is 11.4 Å². The van der Waals surface area contributed by atoms with Gasteiger partial charge in [-0.05, 0) is 78.2 Å². The van der Waals surface area contributed by atoms with Gasteiger partial charge in [0.15, 0.2) is 0 Å². The standard InChI is InChI=1S/C24H35N3O4/c1-24(2,3)31-23(29)27-14-7-8-18(27)11-12-21(28)30-20-10-6-9-19-22(20)17(16-25-19)13-15-26(4)5/h6,9-10,16,18,25H,7-8,11-15H2,1-5H3. The fourth-order valence-electron chi connectivity index (χ4n) is 4.00. The number of hydrogen-bond donors (Lipinski definition) is 1. The van der Waals surface area contributed by atoms with E-state index in [9.17, 15) is 9.59 Å². The van der Waals surface area contributed by atoms with Gasteiger partial charge in [-0.2, -0.15) is 0 Å². The first-order valence-corrected chi connectivity index (χ1v) is 11.1. The van der Waals surface area contributed by atoms with Crippen molar-refractivity contribution in [2.45, 2.75) is 64.5 Å². The van der Waals surface area contributed by atoms with Crippen LogP contribution in [0.25, 0.3) is 10.9 Å². The number of nitrogens with one attached hydrogen (secondary N) is 1. The van der Waals surface area contributed by atoms with E-state index in [0.29, 0.717) is 18.7 Å². The molecule has 0 bridgehead atoms. The molecule has 1 saturated heterocycles. The number of esters is 1. The maximum Gasteiger partial charge on any atom is 0.410 e. The molecule has 0 spiro atoms. The monoisotopic (exact) mass is 429 g/mol. The molecule has 3 rings (SSSR count). The van der Waals surface area contributed by atoms with Crippen LogP contribution in [0.1, 0.15) is 52.0 Å². The number of benzene rings is 1. The van der Waals surface area contributed by atoms with Gasteiger partial charge in [0.2, 0.25) is 0 Å². The second-order valence-electron chi connectivity index (χ2n) is 9.53. The van der Waals surface area contributed by atoms with Gasteiger partial charge in [0, 0.05) is 42.7 Å². The zero-order chi connectivity index (χ0) is 22.6. The zero-order valence-electron chi connectivity index (χ0n) is 19.4. The first-order valence-electron chi connectivity index (χ1n) is 11.1. The predicted octanol–water partition coefficient (Wildman–Crippen LogP) is 4.36. The molecule has 2 heterocycles. The lowest BCUT2D eigenvalue weighted by molar-refractivity contribution is -0.134. The van der Waals surface area contributed by atoms with Crippen molar-refractivity contribution < 1.29 is 19.1 Å². The molecule has 1 amide bonds. The molecule has 31 heavy (non-hydrogen) atoms. The van der Waals surface area contributed by atoms with E-state index in [1.807, 2.05) is 59.3 Å². The van der Waals surface area contributed by atoms with Crippen molar-refractivity contribution in [3.63, 3.8) is 0 Å². The van der Waals surface area contributed by atoms with Gasteiger partial charge < -0.3 is 24.3 Å². The first kappa shape index (κ1) is 23.1. The number of aromatic amines is 1. The number of likely N-dealkylation sites (tertiary alicyclic amines) is 1. The van der Waals surface area contributed by atoms with Gasteiger partial charge in [-0.25, -0.2) is 4.79 Å². The molecule has 7 heteroatoms. The molecule has 1 aliphatic heterocycles. The third-order valence-corrected chi connectivity index (χ3v) is 5.49. The minimum atomic E-state index is -0.525. The topological polar surface area (TPSA) is 74.9 Å². The van der Waals surface area contributed by atoms with Gasteiger partial charge in [0.05, 0.1) is 0 Å². The minimum Gasteiger partial charge on any atom is -0.444 e. The summed E-state index contributed by atoms with van der Waals surface area (Å²) in [6, 6.07) is 5.73. The number of aromatic nitrogens is 1. The lowest BCUT2D eigenvalue weighted by Crippen LogP contribution is -2.40. The van der Waals surface area contributed by atoms with Crippen molar-refractivity contribution >= 4 is 23.0 Å². The highest BCUT2D eigenvalue weighted by atomic mass is 16.6. The number of carbonyl (C=O) groups excluding carboxylic acids is 2. The lowest BCUT2D eigenvalue weighted by atomic mass is 10.1. The number of carbonyl (C=O) groups is 2. The van der Waals surface area contributed by atoms with Crippen LogP contribution in [-0.2, 0) is 16.0 Å². The van der Waals surface area contributed by atoms with E-state index in [0.717, 1.165) is 42.3 Å². The average molecular weight is 430 g/mol. The molecule has 2 aromatic rings. The van der Waals surface area contributed by atoms with Crippen LogP contribution in [-0.4, -0.2) is 65.7 Å². The summed E-state index contributed by atoms with van der Waals surface area (Å²) in [7, 11) is 4.08. The van der Waals surface area contributed by atoms with Crippen molar-refractivity contribution in [3.05, 3.63) is 30.0 Å². The molecule has 0 radical (unpaired) electrons. The van der Waals surface area contributed by atoms with Crippen molar-refractivity contribution in [3.8, 4) is 5.75 Å². The van der Waals surface area contributed by atoms with Crippen LogP contribution >= 0.6 is 0 Å². The molecular weight excluding hydrogens is 394 g/mol. The van der Waals surface area contributed by atoms with Gasteiger partial charge in [0.25, 0.3) is 0 Å². The highest BCUT2D eigenvalue weighted by Gasteiger charge is 2.32. The van der Waals surface area contributed by atoms with Gasteiger partial charge in [-0.3, -0.25) is 4.79 Å². The Labute approximate surface area is 184 Å². The molecule has 1 unspecified atom stereocenters. The van der Waals surface area contributed by atoms with Crippen LogP contribution in [0.5, 0.6) is 5.75 Å². The smallest absolute Gasteiger partial charge is 0.410 e. The third kappa shape index (κ3) is 6.23. The Morgan fingerprint density at radius 1 is 1.26 bits per heavy atom. The largest absolute Gasteiger partial charge is 0.444 e. The summed E-state index contributed by atoms with van der Waals surface area (Å²) in [6.45, 7) is 7.18. The van der Waals surface area contributed by atoms with E-state index in [-0.39, 0.29) is 24.5 Å². The van der Waals surface area contributed by atoms with Crippen LogP contribution in [0.4, 0.5) is 4.79 Å². The Morgan fingerprint density at radius 2 is 2.03 bits per heavy atom. The molecule has 1 aromatic heterocycles. The summed E-state index contributed by atoms with van der Waals surface area (Å²) in [5.41, 5.74) is 1.58. The van der Waals surface area contributed by atoms with Crippen LogP contribution in [0.2, 0.25) is 0 Å². The minimum absolute atomic E-state index is 0.0149. The lowest BCUT2D eigenvalue weighted by Gasteiger charge is -2.28. The highest BCUT2D eigenvalue weighted by Crippen LogP contribution is 2.30. The summed E-state index contributed by atoms with van der Waals surface area (Å²) < 4.78 is 11.3. The van der Waals surface area contributed by atoms with Crippen molar-refractivity contribution in [1.82, 2.24) is 14.8 Å². The molecule has 1 aliphatic rings. The van der Waals surface area contributed by atoms with Crippen LogP contribution in [0.15, 0.2) is 24.4 Å². The molecule has 0 aliphatic carbocycles. The normalized spacial score (nSPS) is 16.8. The number of H-pyrrole nitrogens is 1. The maximum atomic E-state index is 12.6. The average Bonchev–Trinajstić information content (AvgIpc) is 3.31. The van der Waals surface area contributed by atoms with E-state index < -0.39 is 5.60 Å². The number of likely N-dealkylation sites (N-methyl/N-ethyl adjacent to an activating group) is 1. The zero-order valence-corrected chi connectivity index (χ0v) is 19.4. The fourth-order valence-corrected chi connectivity index (χ4v) is 4.00. The second kappa shape index (κ2) is 9.73. The first-order chi connectivity index (χ1) is 14.6. The Kier molecular flexibility index (Phi) is 7.26. The van der Waals surface area contributed by atoms with E-state index in [2.05, 4.69) is 9.88 Å². The molecule has 0 saturated carbocycles. The van der Waals surface area contributed by atoms with Crippen molar-refractivity contribution in [1.29, 1.82) is 0 Å². The summed E-state index contributed by atoms with van der Waals surface area (Å²) in [5.74, 6) is 0.316. The number of rotatable bonds is 7. The molecule has 7 nitrogen and oxygen atoms in total. The molecule has 1 atom stereocenters. The molecule has 170 valence electrons. The molecular formula is C24H35N3O4. The number of amides is 1.